The Hall–Kier alpha value is -2.76. The van der Waals surface area contributed by atoms with Crippen molar-refractivity contribution in [3.05, 3.63) is 89.4 Å². The highest BCUT2D eigenvalue weighted by atomic mass is 79.9. The van der Waals surface area contributed by atoms with Crippen LogP contribution in [0, 0.1) is 11.8 Å². The second-order valence-corrected chi connectivity index (χ2v) is 17.1. The van der Waals surface area contributed by atoms with E-state index in [0.717, 1.165) is 28.9 Å². The smallest absolute Gasteiger partial charge is 0.175 e. The van der Waals surface area contributed by atoms with Crippen molar-refractivity contribution in [3.8, 4) is 5.69 Å². The number of aromatic amines is 1. The van der Waals surface area contributed by atoms with Crippen LogP contribution in [0.15, 0.2) is 88.1 Å². The maximum absolute atomic E-state index is 11.8. The van der Waals surface area contributed by atoms with E-state index in [4.69, 9.17) is 0 Å². The van der Waals surface area contributed by atoms with Crippen LogP contribution in [0.4, 0.5) is 0 Å². The highest BCUT2D eigenvalue weighted by Gasteiger charge is 2.19. The molecule has 2 aliphatic rings. The standard InChI is InChI=1S/C17H22N2O2S.C14H19BrO2S.C3H4N2/c1-22(20,21)16-8-7-15(11-14-5-3-2-4-6-14)17(12-16)19-10-9-18-13-19;1-18(16,17)13-8-7-12(14(15)10-13)9-11-5-3-2-4-6-11;1-2-5-3-4-1/h7-10,12-14H,2-6,11H2,1H3;7-8,10-11H,2-6,9H2,1H3;1-3H,(H,4,5). The molecule has 2 fully saturated rings. The van der Waals surface area contributed by atoms with Gasteiger partial charge in [-0.25, -0.2) is 26.8 Å². The third kappa shape index (κ3) is 11.2. The van der Waals surface area contributed by atoms with Gasteiger partial charge >= 0.3 is 0 Å². The van der Waals surface area contributed by atoms with E-state index in [1.165, 1.54) is 87.8 Å². The molecular formula is C34H45BrN4O4S2. The molecule has 0 amide bonds. The maximum Gasteiger partial charge on any atom is 0.175 e. The summed E-state index contributed by atoms with van der Waals surface area (Å²) in [5.41, 5.74) is 3.37. The minimum Gasteiger partial charge on any atom is -0.351 e. The molecule has 0 radical (unpaired) electrons. The van der Waals surface area contributed by atoms with Crippen LogP contribution in [0.2, 0.25) is 0 Å². The first-order valence-corrected chi connectivity index (χ1v) is 20.3. The first-order valence-electron chi connectivity index (χ1n) is 15.7. The van der Waals surface area contributed by atoms with Crippen LogP contribution >= 0.6 is 15.9 Å². The number of hydrogen-bond donors (Lipinski definition) is 1. The highest BCUT2D eigenvalue weighted by Crippen LogP contribution is 2.31. The quantitative estimate of drug-likeness (QED) is 0.209. The largest absolute Gasteiger partial charge is 0.351 e. The van der Waals surface area contributed by atoms with Crippen molar-refractivity contribution >= 4 is 35.6 Å². The van der Waals surface area contributed by atoms with Gasteiger partial charge in [-0.2, -0.15) is 0 Å². The van der Waals surface area contributed by atoms with Gasteiger partial charge in [-0.05, 0) is 60.1 Å². The van der Waals surface area contributed by atoms with Crippen LogP contribution in [-0.4, -0.2) is 48.9 Å². The molecule has 0 saturated heterocycles. The molecule has 0 bridgehead atoms. The number of aromatic nitrogens is 4. The van der Waals surface area contributed by atoms with Gasteiger partial charge in [-0.1, -0.05) is 92.3 Å². The van der Waals surface area contributed by atoms with E-state index in [0.29, 0.717) is 15.7 Å². The number of hydrogen-bond acceptors (Lipinski definition) is 6. The number of nitrogens with one attached hydrogen (secondary N) is 1. The predicted molar refractivity (Wildman–Crippen MR) is 183 cm³/mol. The fourth-order valence-electron chi connectivity index (χ4n) is 6.13. The number of halogens is 1. The van der Waals surface area contributed by atoms with Crippen LogP contribution in [-0.2, 0) is 32.5 Å². The minimum atomic E-state index is -3.20. The molecule has 0 aliphatic heterocycles. The molecular weight excluding hydrogens is 672 g/mol. The fraction of sp³-hybridized carbons (Fsp3) is 0.471. The minimum absolute atomic E-state index is 0.364. The van der Waals surface area contributed by atoms with Crippen molar-refractivity contribution in [2.75, 3.05) is 12.5 Å². The Kier molecular flexibility index (Phi) is 13.0. The summed E-state index contributed by atoms with van der Waals surface area (Å²) in [5.74, 6) is 1.47. The summed E-state index contributed by atoms with van der Waals surface area (Å²) in [4.78, 5) is 11.3. The monoisotopic (exact) mass is 716 g/mol. The number of benzene rings is 2. The lowest BCUT2D eigenvalue weighted by atomic mass is 9.84. The molecule has 2 aliphatic carbocycles. The van der Waals surface area contributed by atoms with E-state index in [1.807, 2.05) is 22.9 Å². The Balaban J connectivity index is 0.000000180. The second kappa shape index (κ2) is 16.7. The SMILES string of the molecule is CS(=O)(=O)c1ccc(CC2CCCCC2)c(-n2ccnc2)c1.CS(=O)(=O)c1ccc(CC2CCCCC2)c(Br)c1.c1c[nH]cn1. The summed E-state index contributed by atoms with van der Waals surface area (Å²) >= 11 is 3.50. The van der Waals surface area contributed by atoms with Crippen molar-refractivity contribution in [1.82, 2.24) is 19.5 Å². The molecule has 0 spiro atoms. The normalized spacial score (nSPS) is 16.2. The van der Waals surface area contributed by atoms with E-state index < -0.39 is 19.7 Å². The summed E-state index contributed by atoms with van der Waals surface area (Å²) in [6.45, 7) is 0. The van der Waals surface area contributed by atoms with Crippen molar-refractivity contribution < 1.29 is 16.8 Å². The summed E-state index contributed by atoms with van der Waals surface area (Å²) in [6, 6.07) is 10.9. The summed E-state index contributed by atoms with van der Waals surface area (Å²) in [6.07, 6.45) is 28.1. The Bertz CT molecular complexity index is 1660. The molecule has 2 heterocycles. The topological polar surface area (TPSA) is 115 Å². The van der Waals surface area contributed by atoms with Gasteiger partial charge in [0.1, 0.15) is 0 Å². The van der Waals surface area contributed by atoms with E-state index in [2.05, 4.69) is 30.9 Å². The van der Waals surface area contributed by atoms with Crippen LogP contribution in [0.25, 0.3) is 5.69 Å². The van der Waals surface area contributed by atoms with Crippen molar-refractivity contribution in [2.45, 2.75) is 86.8 Å². The summed E-state index contributed by atoms with van der Waals surface area (Å²) < 4.78 is 49.4. The number of imidazole rings is 2. The molecule has 0 atom stereocenters. The molecule has 1 N–H and O–H groups in total. The fourth-order valence-corrected chi connectivity index (χ4v) is 8.11. The molecule has 4 aromatic rings. The highest BCUT2D eigenvalue weighted by molar-refractivity contribution is 9.10. The molecule has 2 saturated carbocycles. The van der Waals surface area contributed by atoms with Gasteiger partial charge in [-0.3, -0.25) is 0 Å². The van der Waals surface area contributed by atoms with Gasteiger partial charge in [-0.15, -0.1) is 0 Å². The van der Waals surface area contributed by atoms with Crippen molar-refractivity contribution in [1.29, 1.82) is 0 Å². The first kappa shape index (κ1) is 35.1. The van der Waals surface area contributed by atoms with Crippen molar-refractivity contribution in [2.24, 2.45) is 11.8 Å². The lowest BCUT2D eigenvalue weighted by Crippen LogP contribution is -2.11. The van der Waals surface area contributed by atoms with Crippen LogP contribution in [0.1, 0.15) is 75.3 Å². The van der Waals surface area contributed by atoms with Crippen LogP contribution in [0.5, 0.6) is 0 Å². The lowest BCUT2D eigenvalue weighted by Gasteiger charge is -2.23. The average Bonchev–Trinajstić information content (AvgIpc) is 3.77. The van der Waals surface area contributed by atoms with E-state index >= 15 is 0 Å². The second-order valence-electron chi connectivity index (χ2n) is 12.2. The number of nitrogens with zero attached hydrogens (tertiary/aromatic N) is 3. The van der Waals surface area contributed by atoms with Gasteiger partial charge in [0.05, 0.1) is 28.1 Å². The van der Waals surface area contributed by atoms with Gasteiger partial charge in [0.25, 0.3) is 0 Å². The van der Waals surface area contributed by atoms with E-state index in [9.17, 15) is 16.8 Å². The Morgan fingerprint density at radius 1 is 0.756 bits per heavy atom. The number of H-pyrrole nitrogens is 1. The first-order chi connectivity index (χ1) is 21.5. The molecule has 8 nitrogen and oxygen atoms in total. The number of rotatable bonds is 7. The Morgan fingerprint density at radius 2 is 1.31 bits per heavy atom. The zero-order valence-corrected chi connectivity index (χ0v) is 29.5. The average molecular weight is 718 g/mol. The molecule has 2 aromatic heterocycles. The molecule has 6 rings (SSSR count). The lowest BCUT2D eigenvalue weighted by molar-refractivity contribution is 0.356. The number of sulfone groups is 2. The molecule has 2 aromatic carbocycles. The van der Waals surface area contributed by atoms with Crippen LogP contribution in [0.3, 0.4) is 0 Å². The summed E-state index contributed by atoms with van der Waals surface area (Å²) in [7, 11) is -6.31. The van der Waals surface area contributed by atoms with Gasteiger partial charge in [0, 0.05) is 41.8 Å². The van der Waals surface area contributed by atoms with Crippen molar-refractivity contribution in [3.63, 3.8) is 0 Å². The summed E-state index contributed by atoms with van der Waals surface area (Å²) in [5, 5.41) is 0. The molecule has 244 valence electrons. The van der Waals surface area contributed by atoms with E-state index in [-0.39, 0.29) is 0 Å². The maximum atomic E-state index is 11.8. The zero-order valence-electron chi connectivity index (χ0n) is 26.2. The van der Waals surface area contributed by atoms with Gasteiger partial charge < -0.3 is 9.55 Å². The molecule has 0 unspecified atom stereocenters. The zero-order chi connectivity index (χ0) is 32.3. The molecule has 45 heavy (non-hydrogen) atoms. The third-order valence-corrected chi connectivity index (χ3v) is 11.6. The molecule has 11 heteroatoms. The predicted octanol–water partition coefficient (Wildman–Crippen LogP) is 7.78. The van der Waals surface area contributed by atoms with E-state index in [1.54, 1.807) is 55.5 Å². The Labute approximate surface area is 277 Å². The van der Waals surface area contributed by atoms with Gasteiger partial charge in [0.15, 0.2) is 19.7 Å². The Morgan fingerprint density at radius 3 is 1.76 bits per heavy atom. The third-order valence-electron chi connectivity index (χ3n) is 8.59. The van der Waals surface area contributed by atoms with Gasteiger partial charge in [0.2, 0.25) is 0 Å². The van der Waals surface area contributed by atoms with Crippen LogP contribution < -0.4 is 0 Å².